The maximum absolute atomic E-state index is 11.9. The van der Waals surface area contributed by atoms with Crippen LogP contribution < -0.4 is 4.74 Å². The molecule has 0 spiro atoms. The van der Waals surface area contributed by atoms with E-state index in [1.165, 1.54) is 6.92 Å². The number of benzene rings is 1. The first kappa shape index (κ1) is 16.4. The van der Waals surface area contributed by atoms with Gasteiger partial charge in [-0.15, -0.1) is 0 Å². The fraction of sp³-hybridized carbons (Fsp3) is 0.600. The second-order valence-electron chi connectivity index (χ2n) is 8.70. The molecule has 4 aliphatic rings. The standard InChI is InChI=1S/C20H24O5/c1-9(22)15-16(23)12-6-11-5-10-7-14(19(10,2)3)20(11,4)25-18(12)13(8-21)17(15)24/h8,10-11,14,23-24H,5-7H2,1-4H3/t10-,11+,14+,20-/m0/s1. The summed E-state index contributed by atoms with van der Waals surface area (Å²) < 4.78 is 6.37. The van der Waals surface area contributed by atoms with Crippen LogP contribution in [0, 0.1) is 23.2 Å². The lowest BCUT2D eigenvalue weighted by Gasteiger charge is -2.67. The lowest BCUT2D eigenvalue weighted by Crippen LogP contribution is -2.67. The molecule has 0 amide bonds. The summed E-state index contributed by atoms with van der Waals surface area (Å²) in [6.07, 6.45) is 3.18. The van der Waals surface area contributed by atoms with Crippen molar-refractivity contribution in [3.05, 3.63) is 16.7 Å². The molecule has 3 fully saturated rings. The van der Waals surface area contributed by atoms with Crippen LogP contribution in [0.2, 0.25) is 0 Å². The first-order valence-corrected chi connectivity index (χ1v) is 8.88. The number of phenolic OH excluding ortho intramolecular Hbond substituents is 2. The molecular weight excluding hydrogens is 320 g/mol. The number of ketones is 1. The Morgan fingerprint density at radius 1 is 1.16 bits per heavy atom. The Balaban J connectivity index is 1.90. The van der Waals surface area contributed by atoms with Gasteiger partial charge in [-0.05, 0) is 44.4 Å². The Hall–Kier alpha value is -2.04. The number of Topliss-reactive ketones (excluding diaryl/α,β-unsaturated/α-hetero) is 1. The van der Waals surface area contributed by atoms with Crippen molar-refractivity contribution >= 4 is 12.1 Å². The van der Waals surface area contributed by atoms with Crippen molar-refractivity contribution < 1.29 is 24.5 Å². The average molecular weight is 344 g/mol. The van der Waals surface area contributed by atoms with Crippen molar-refractivity contribution in [2.24, 2.45) is 23.2 Å². The summed E-state index contributed by atoms with van der Waals surface area (Å²) in [6.45, 7) is 7.88. The van der Waals surface area contributed by atoms with Crippen molar-refractivity contribution in [3.8, 4) is 17.2 Å². The summed E-state index contributed by atoms with van der Waals surface area (Å²) in [5.41, 5.74) is 0.0191. The molecule has 1 aromatic carbocycles. The van der Waals surface area contributed by atoms with E-state index in [2.05, 4.69) is 20.8 Å². The quantitative estimate of drug-likeness (QED) is 0.634. The average Bonchev–Trinajstić information content (AvgIpc) is 2.52. The van der Waals surface area contributed by atoms with Crippen LogP contribution in [-0.4, -0.2) is 27.9 Å². The smallest absolute Gasteiger partial charge is 0.167 e. The van der Waals surface area contributed by atoms with Gasteiger partial charge in [0.25, 0.3) is 0 Å². The number of phenols is 2. The molecule has 3 aliphatic carbocycles. The minimum Gasteiger partial charge on any atom is -0.507 e. The van der Waals surface area contributed by atoms with Crippen LogP contribution in [0.15, 0.2) is 0 Å². The monoisotopic (exact) mass is 344 g/mol. The highest BCUT2D eigenvalue weighted by Gasteiger charge is 2.65. The number of aldehydes is 1. The van der Waals surface area contributed by atoms with E-state index in [0.717, 1.165) is 12.8 Å². The second-order valence-corrected chi connectivity index (χ2v) is 8.70. The van der Waals surface area contributed by atoms with Gasteiger partial charge in [0.05, 0.1) is 5.56 Å². The molecule has 134 valence electrons. The van der Waals surface area contributed by atoms with Crippen molar-refractivity contribution in [3.63, 3.8) is 0 Å². The topological polar surface area (TPSA) is 83.8 Å². The Morgan fingerprint density at radius 3 is 2.40 bits per heavy atom. The van der Waals surface area contributed by atoms with Crippen LogP contribution in [0.5, 0.6) is 17.2 Å². The van der Waals surface area contributed by atoms with Crippen LogP contribution in [0.3, 0.4) is 0 Å². The number of carbonyl (C=O) groups excluding carboxylic acids is 2. The Bertz CT molecular complexity index is 809. The predicted molar refractivity (Wildman–Crippen MR) is 91.4 cm³/mol. The van der Waals surface area contributed by atoms with Gasteiger partial charge in [0.2, 0.25) is 0 Å². The number of ether oxygens (including phenoxy) is 1. The fourth-order valence-corrected chi connectivity index (χ4v) is 5.68. The SMILES string of the molecule is CC(=O)c1c(O)c(C=O)c2c(c1O)C[C@H]1C[C@H]3C[C@H](C3(C)C)[C@@]1(C)O2. The van der Waals surface area contributed by atoms with Gasteiger partial charge in [-0.2, -0.15) is 0 Å². The minimum atomic E-state index is -0.484. The molecule has 1 heterocycles. The largest absolute Gasteiger partial charge is 0.507 e. The highest BCUT2D eigenvalue weighted by atomic mass is 16.5. The minimum absolute atomic E-state index is 0.0306. The molecule has 4 atom stereocenters. The first-order valence-electron chi connectivity index (χ1n) is 8.88. The van der Waals surface area contributed by atoms with Gasteiger partial charge in [-0.1, -0.05) is 13.8 Å². The molecule has 5 nitrogen and oxygen atoms in total. The van der Waals surface area contributed by atoms with E-state index in [9.17, 15) is 19.8 Å². The van der Waals surface area contributed by atoms with Crippen LogP contribution in [0.25, 0.3) is 0 Å². The number of aromatic hydroxyl groups is 2. The van der Waals surface area contributed by atoms with Gasteiger partial charge >= 0.3 is 0 Å². The first-order chi connectivity index (χ1) is 11.6. The molecule has 0 aromatic heterocycles. The maximum Gasteiger partial charge on any atom is 0.167 e. The zero-order valence-corrected chi connectivity index (χ0v) is 15.0. The van der Waals surface area contributed by atoms with E-state index in [0.29, 0.717) is 30.1 Å². The Morgan fingerprint density at radius 2 is 1.84 bits per heavy atom. The van der Waals surface area contributed by atoms with Crippen molar-refractivity contribution in [1.82, 2.24) is 0 Å². The van der Waals surface area contributed by atoms with Gasteiger partial charge in [0.15, 0.2) is 12.1 Å². The molecule has 1 aliphatic heterocycles. The third-order valence-electron chi connectivity index (χ3n) is 7.32. The van der Waals surface area contributed by atoms with Gasteiger partial charge in [0, 0.05) is 17.4 Å². The van der Waals surface area contributed by atoms with Gasteiger partial charge < -0.3 is 14.9 Å². The van der Waals surface area contributed by atoms with Gasteiger partial charge in [-0.3, -0.25) is 9.59 Å². The molecule has 2 N–H and O–H groups in total. The molecule has 0 unspecified atom stereocenters. The Kier molecular flexibility index (Phi) is 3.14. The fourth-order valence-electron chi connectivity index (χ4n) is 5.68. The van der Waals surface area contributed by atoms with Crippen LogP contribution in [0.4, 0.5) is 0 Å². The molecule has 1 aromatic rings. The van der Waals surface area contributed by atoms with Crippen molar-refractivity contribution in [1.29, 1.82) is 0 Å². The van der Waals surface area contributed by atoms with Crippen LogP contribution in [-0.2, 0) is 6.42 Å². The maximum atomic E-state index is 11.9. The van der Waals surface area contributed by atoms with E-state index >= 15 is 0 Å². The third kappa shape index (κ3) is 1.84. The normalized spacial score (nSPS) is 34.2. The summed E-state index contributed by atoms with van der Waals surface area (Å²) in [5.74, 6) is 0.280. The molecule has 2 bridgehead atoms. The number of carbonyl (C=O) groups is 2. The molecule has 0 radical (unpaired) electrons. The Labute approximate surface area is 147 Å². The summed E-state index contributed by atoms with van der Waals surface area (Å²) in [4.78, 5) is 23.5. The molecule has 0 saturated heterocycles. The van der Waals surface area contributed by atoms with E-state index in [4.69, 9.17) is 4.74 Å². The lowest BCUT2D eigenvalue weighted by atomic mass is 9.41. The number of fused-ring (bicyclic) bond motifs is 1. The van der Waals surface area contributed by atoms with Crippen molar-refractivity contribution in [2.75, 3.05) is 0 Å². The highest BCUT2D eigenvalue weighted by Crippen LogP contribution is 2.67. The van der Waals surface area contributed by atoms with Gasteiger partial charge in [-0.25, -0.2) is 0 Å². The second kappa shape index (κ2) is 4.77. The summed E-state index contributed by atoms with van der Waals surface area (Å²) >= 11 is 0. The van der Waals surface area contributed by atoms with E-state index in [1.807, 2.05) is 0 Å². The zero-order chi connectivity index (χ0) is 18.3. The number of hydrogen-bond acceptors (Lipinski definition) is 5. The van der Waals surface area contributed by atoms with E-state index in [-0.39, 0.29) is 34.0 Å². The highest BCUT2D eigenvalue weighted by molar-refractivity contribution is 6.04. The number of rotatable bonds is 2. The van der Waals surface area contributed by atoms with Crippen LogP contribution >= 0.6 is 0 Å². The lowest BCUT2D eigenvalue weighted by molar-refractivity contribution is -0.217. The molecule has 5 heteroatoms. The summed E-state index contributed by atoms with van der Waals surface area (Å²) in [5, 5.41) is 20.9. The van der Waals surface area contributed by atoms with Crippen molar-refractivity contribution in [2.45, 2.75) is 52.6 Å². The molecule has 25 heavy (non-hydrogen) atoms. The summed E-state index contributed by atoms with van der Waals surface area (Å²) in [7, 11) is 0. The summed E-state index contributed by atoms with van der Waals surface area (Å²) in [6, 6.07) is 0. The van der Waals surface area contributed by atoms with E-state index < -0.39 is 17.1 Å². The predicted octanol–water partition coefficient (Wildman–Crippen LogP) is 3.49. The van der Waals surface area contributed by atoms with E-state index in [1.54, 1.807) is 0 Å². The molecular formula is C20H24O5. The molecule has 5 rings (SSSR count). The van der Waals surface area contributed by atoms with Gasteiger partial charge in [0.1, 0.15) is 28.4 Å². The zero-order valence-electron chi connectivity index (χ0n) is 15.0. The van der Waals surface area contributed by atoms with Crippen LogP contribution in [0.1, 0.15) is 66.8 Å². The molecule has 3 saturated carbocycles. The third-order valence-corrected chi connectivity index (χ3v) is 7.32. The number of hydrogen-bond donors (Lipinski definition) is 2.